The van der Waals surface area contributed by atoms with Crippen LogP contribution in [0.5, 0.6) is 0 Å². The molecule has 0 saturated carbocycles. The number of amides is 1. The van der Waals surface area contributed by atoms with E-state index in [4.69, 9.17) is 9.47 Å². The lowest BCUT2D eigenvalue weighted by atomic mass is 10.1. The van der Waals surface area contributed by atoms with E-state index in [0.29, 0.717) is 13.0 Å². The van der Waals surface area contributed by atoms with Gasteiger partial charge in [0.1, 0.15) is 11.7 Å². The molecule has 0 bridgehead atoms. The van der Waals surface area contributed by atoms with Crippen molar-refractivity contribution in [3.8, 4) is 0 Å². The van der Waals surface area contributed by atoms with Crippen molar-refractivity contribution in [2.75, 3.05) is 6.61 Å². The first-order chi connectivity index (χ1) is 7.83. The molecule has 0 spiro atoms. The quantitative estimate of drug-likeness (QED) is 0.759. The van der Waals surface area contributed by atoms with E-state index < -0.39 is 17.8 Å². The van der Waals surface area contributed by atoms with Gasteiger partial charge in [-0.25, -0.2) is 4.79 Å². The largest absolute Gasteiger partial charge is 0.444 e. The molecule has 0 aromatic heterocycles. The molecule has 5 heteroatoms. The number of hydrogen-bond acceptors (Lipinski definition) is 4. The van der Waals surface area contributed by atoms with Gasteiger partial charge in [-0.1, -0.05) is 6.58 Å². The molecule has 5 nitrogen and oxygen atoms in total. The van der Waals surface area contributed by atoms with Crippen molar-refractivity contribution in [2.24, 2.45) is 0 Å². The van der Waals surface area contributed by atoms with Crippen molar-refractivity contribution < 1.29 is 19.1 Å². The summed E-state index contributed by atoms with van der Waals surface area (Å²) in [6.45, 7) is 9.20. The van der Waals surface area contributed by atoms with Gasteiger partial charge in [-0.15, -0.1) is 0 Å². The van der Waals surface area contributed by atoms with Crippen molar-refractivity contribution in [2.45, 2.75) is 44.9 Å². The van der Waals surface area contributed by atoms with E-state index in [-0.39, 0.29) is 11.8 Å². The number of rotatable bonds is 3. The van der Waals surface area contributed by atoms with Crippen molar-refractivity contribution in [3.05, 3.63) is 12.7 Å². The van der Waals surface area contributed by atoms with E-state index in [0.717, 1.165) is 0 Å². The van der Waals surface area contributed by atoms with Gasteiger partial charge in [0, 0.05) is 6.61 Å². The molecule has 0 aromatic carbocycles. The Hall–Kier alpha value is -1.36. The Labute approximate surface area is 101 Å². The summed E-state index contributed by atoms with van der Waals surface area (Å²) in [6.07, 6.45) is 0.637. The van der Waals surface area contributed by atoms with Gasteiger partial charge in [0.15, 0.2) is 5.78 Å². The standard InChI is InChI=1S/C12H19NO4/c1-5-9(14)10-8(6-7-16-10)13-11(15)17-12(2,3)4/h5,8,10H,1,6-7H2,2-4H3,(H,13,15). The molecule has 2 unspecified atom stereocenters. The fourth-order valence-corrected chi connectivity index (χ4v) is 1.59. The van der Waals surface area contributed by atoms with Crippen molar-refractivity contribution in [3.63, 3.8) is 0 Å². The summed E-state index contributed by atoms with van der Waals surface area (Å²) in [6, 6.07) is -0.338. The van der Waals surface area contributed by atoms with Crippen molar-refractivity contribution in [1.29, 1.82) is 0 Å². The molecule has 1 fully saturated rings. The second-order valence-corrected chi connectivity index (χ2v) is 4.94. The minimum Gasteiger partial charge on any atom is -0.444 e. The van der Waals surface area contributed by atoms with Crippen LogP contribution < -0.4 is 5.32 Å². The third kappa shape index (κ3) is 4.19. The fourth-order valence-electron chi connectivity index (χ4n) is 1.59. The smallest absolute Gasteiger partial charge is 0.407 e. The Bertz CT molecular complexity index is 319. The lowest BCUT2D eigenvalue weighted by Crippen LogP contribution is -2.45. The van der Waals surface area contributed by atoms with Gasteiger partial charge >= 0.3 is 6.09 Å². The van der Waals surface area contributed by atoms with Crippen molar-refractivity contribution in [1.82, 2.24) is 5.32 Å². The number of carbonyl (C=O) groups is 2. The number of carbonyl (C=O) groups excluding carboxylic acids is 2. The first-order valence-electron chi connectivity index (χ1n) is 5.61. The van der Waals surface area contributed by atoms with Gasteiger partial charge in [-0.3, -0.25) is 4.79 Å². The van der Waals surface area contributed by atoms with E-state index in [9.17, 15) is 9.59 Å². The topological polar surface area (TPSA) is 64.6 Å². The molecule has 1 aliphatic rings. The zero-order valence-electron chi connectivity index (χ0n) is 10.5. The van der Waals surface area contributed by atoms with E-state index in [1.54, 1.807) is 20.8 Å². The van der Waals surface area contributed by atoms with Crippen LogP contribution in [0.4, 0.5) is 4.79 Å². The normalized spacial score (nSPS) is 24.2. The molecular formula is C12H19NO4. The number of ketones is 1. The Kier molecular flexibility index (Phi) is 4.28. The van der Waals surface area contributed by atoms with Crippen LogP contribution in [0.25, 0.3) is 0 Å². The molecule has 1 N–H and O–H groups in total. The number of alkyl carbamates (subject to hydrolysis) is 1. The molecule has 1 heterocycles. The lowest BCUT2D eigenvalue weighted by Gasteiger charge is -2.23. The van der Waals surface area contributed by atoms with Crippen LogP contribution in [0, 0.1) is 0 Å². The molecule has 1 rings (SSSR count). The van der Waals surface area contributed by atoms with Crippen LogP contribution in [0.3, 0.4) is 0 Å². The molecule has 17 heavy (non-hydrogen) atoms. The Morgan fingerprint density at radius 2 is 2.12 bits per heavy atom. The molecule has 2 atom stereocenters. The zero-order chi connectivity index (χ0) is 13.1. The summed E-state index contributed by atoms with van der Waals surface area (Å²) in [5.41, 5.74) is -0.554. The summed E-state index contributed by atoms with van der Waals surface area (Å²) in [5.74, 6) is -0.219. The Morgan fingerprint density at radius 1 is 1.47 bits per heavy atom. The summed E-state index contributed by atoms with van der Waals surface area (Å²) in [7, 11) is 0. The van der Waals surface area contributed by atoms with Gasteiger partial charge in [0.25, 0.3) is 0 Å². The second-order valence-electron chi connectivity index (χ2n) is 4.94. The van der Waals surface area contributed by atoms with Crippen molar-refractivity contribution >= 4 is 11.9 Å². The molecule has 96 valence electrons. The minimum atomic E-state index is -0.639. The van der Waals surface area contributed by atoms with Gasteiger partial charge in [-0.05, 0) is 33.3 Å². The maximum absolute atomic E-state index is 11.5. The molecular weight excluding hydrogens is 222 g/mol. The van der Waals surface area contributed by atoms with Gasteiger partial charge in [0.2, 0.25) is 0 Å². The average Bonchev–Trinajstić information content (AvgIpc) is 2.61. The number of ether oxygens (including phenoxy) is 2. The highest BCUT2D eigenvalue weighted by Gasteiger charge is 2.34. The zero-order valence-corrected chi connectivity index (χ0v) is 10.5. The number of hydrogen-bond donors (Lipinski definition) is 1. The molecule has 1 saturated heterocycles. The summed E-state index contributed by atoms with van der Waals surface area (Å²) in [5, 5.41) is 2.65. The Morgan fingerprint density at radius 3 is 2.65 bits per heavy atom. The van der Waals surface area contributed by atoms with Crippen LogP contribution >= 0.6 is 0 Å². The summed E-state index contributed by atoms with van der Waals surface area (Å²) in [4.78, 5) is 23.0. The van der Waals surface area contributed by atoms with Crippen LogP contribution in [-0.4, -0.2) is 36.2 Å². The van der Waals surface area contributed by atoms with Crippen LogP contribution in [0.1, 0.15) is 27.2 Å². The van der Waals surface area contributed by atoms with Gasteiger partial charge < -0.3 is 14.8 Å². The number of nitrogens with one attached hydrogen (secondary N) is 1. The summed E-state index contributed by atoms with van der Waals surface area (Å²) >= 11 is 0. The van der Waals surface area contributed by atoms with E-state index in [1.165, 1.54) is 6.08 Å². The predicted octanol–water partition coefficient (Wildman–Crippen LogP) is 1.42. The molecule has 1 aliphatic heterocycles. The van der Waals surface area contributed by atoms with Crippen LogP contribution in [-0.2, 0) is 14.3 Å². The average molecular weight is 241 g/mol. The fraction of sp³-hybridized carbons (Fsp3) is 0.667. The molecule has 0 aromatic rings. The van der Waals surface area contributed by atoms with E-state index in [2.05, 4.69) is 11.9 Å². The second kappa shape index (κ2) is 5.31. The molecule has 1 amide bonds. The predicted molar refractivity (Wildman–Crippen MR) is 62.7 cm³/mol. The SMILES string of the molecule is C=CC(=O)C1OCCC1NC(=O)OC(C)(C)C. The Balaban J connectivity index is 2.53. The molecule has 0 radical (unpaired) electrons. The van der Waals surface area contributed by atoms with Crippen LogP contribution in [0.15, 0.2) is 12.7 Å². The minimum absolute atomic E-state index is 0.219. The highest BCUT2D eigenvalue weighted by Crippen LogP contribution is 2.16. The third-order valence-corrected chi connectivity index (χ3v) is 2.28. The maximum Gasteiger partial charge on any atom is 0.407 e. The maximum atomic E-state index is 11.5. The van der Waals surface area contributed by atoms with Gasteiger partial charge in [-0.2, -0.15) is 0 Å². The lowest BCUT2D eigenvalue weighted by molar-refractivity contribution is -0.123. The van der Waals surface area contributed by atoms with E-state index >= 15 is 0 Å². The first-order valence-corrected chi connectivity index (χ1v) is 5.61. The molecule has 0 aliphatic carbocycles. The monoisotopic (exact) mass is 241 g/mol. The van der Waals surface area contributed by atoms with Crippen LogP contribution in [0.2, 0.25) is 0 Å². The van der Waals surface area contributed by atoms with Gasteiger partial charge in [0.05, 0.1) is 6.04 Å². The highest BCUT2D eigenvalue weighted by molar-refractivity contribution is 5.94. The third-order valence-electron chi connectivity index (χ3n) is 2.28. The summed E-state index contributed by atoms with van der Waals surface area (Å²) < 4.78 is 10.4. The highest BCUT2D eigenvalue weighted by atomic mass is 16.6. The van der Waals surface area contributed by atoms with E-state index in [1.807, 2.05) is 0 Å². The first kappa shape index (κ1) is 13.7.